The Morgan fingerprint density at radius 3 is 2.61 bits per heavy atom. The van der Waals surface area contributed by atoms with E-state index in [1.807, 2.05) is 6.21 Å². The fourth-order valence-corrected chi connectivity index (χ4v) is 6.25. The van der Waals surface area contributed by atoms with Gasteiger partial charge in [0.2, 0.25) is 5.91 Å². The zero-order valence-corrected chi connectivity index (χ0v) is 19.7. The number of fused-ring (bicyclic) bond motifs is 3. The number of aliphatic imine (C=N–C) groups is 2. The minimum absolute atomic E-state index is 0.0372. The van der Waals surface area contributed by atoms with Crippen LogP contribution in [-0.2, 0) is 21.5 Å². The molecule has 6 nitrogen and oxygen atoms in total. The van der Waals surface area contributed by atoms with Crippen molar-refractivity contribution >= 4 is 18.1 Å². The zero-order chi connectivity index (χ0) is 23.2. The van der Waals surface area contributed by atoms with Crippen molar-refractivity contribution in [1.82, 2.24) is 4.90 Å². The summed E-state index contributed by atoms with van der Waals surface area (Å²) in [5, 5.41) is 0. The van der Waals surface area contributed by atoms with Crippen molar-refractivity contribution in [1.29, 1.82) is 0 Å². The van der Waals surface area contributed by atoms with Crippen molar-refractivity contribution in [3.63, 3.8) is 0 Å². The van der Waals surface area contributed by atoms with Crippen LogP contribution in [0.4, 0.5) is 0 Å². The van der Waals surface area contributed by atoms with E-state index in [2.05, 4.69) is 47.5 Å². The molecule has 3 aliphatic rings. The second-order valence-corrected chi connectivity index (χ2v) is 9.74. The van der Waals surface area contributed by atoms with Gasteiger partial charge in [0.1, 0.15) is 5.54 Å². The molecule has 0 aromatic heterocycles. The Labute approximate surface area is 195 Å². The second-order valence-electron chi connectivity index (χ2n) is 9.74. The van der Waals surface area contributed by atoms with E-state index in [-0.39, 0.29) is 17.4 Å². The lowest BCUT2D eigenvalue weighted by Crippen LogP contribution is -2.54. The van der Waals surface area contributed by atoms with Gasteiger partial charge in [0.15, 0.2) is 5.96 Å². The molecule has 2 spiro atoms. The fraction of sp³-hybridized carbons (Fsp3) is 0.444. The van der Waals surface area contributed by atoms with Crippen molar-refractivity contribution < 1.29 is 9.53 Å². The van der Waals surface area contributed by atoms with Crippen LogP contribution in [0.1, 0.15) is 48.8 Å². The number of carbonyl (C=O) groups excluding carboxylic acids is 1. The predicted octanol–water partition coefficient (Wildman–Crippen LogP) is 3.91. The van der Waals surface area contributed by atoms with Gasteiger partial charge in [0.05, 0.1) is 12.5 Å². The van der Waals surface area contributed by atoms with Crippen LogP contribution in [0.3, 0.4) is 0 Å². The van der Waals surface area contributed by atoms with Gasteiger partial charge in [-0.15, -0.1) is 0 Å². The second kappa shape index (κ2) is 8.10. The lowest BCUT2D eigenvalue weighted by atomic mass is 9.60. The molecule has 1 unspecified atom stereocenters. The molecule has 0 bridgehead atoms. The number of amides is 1. The van der Waals surface area contributed by atoms with E-state index in [1.54, 1.807) is 21.2 Å². The molecule has 172 valence electrons. The SMILES string of the molecule is C/N=C/c1cccc(-c2ccc3c(c2)C2(CC(=O)N(C)C(N)=N2)[C@]2(CC[C@@H](OC)CC2)C3)c1. The number of nitrogens with two attached hydrogens (primary N) is 1. The summed E-state index contributed by atoms with van der Waals surface area (Å²) in [6.45, 7) is 0. The van der Waals surface area contributed by atoms with Crippen molar-refractivity contribution in [2.24, 2.45) is 21.1 Å². The van der Waals surface area contributed by atoms with Crippen LogP contribution in [0.25, 0.3) is 11.1 Å². The van der Waals surface area contributed by atoms with Crippen molar-refractivity contribution in [2.45, 2.75) is 50.2 Å². The van der Waals surface area contributed by atoms with Crippen LogP contribution >= 0.6 is 0 Å². The van der Waals surface area contributed by atoms with Gasteiger partial charge in [-0.25, -0.2) is 4.99 Å². The molecule has 2 aromatic rings. The highest BCUT2D eigenvalue weighted by molar-refractivity contribution is 5.99. The summed E-state index contributed by atoms with van der Waals surface area (Å²) in [5.74, 6) is 0.356. The summed E-state index contributed by atoms with van der Waals surface area (Å²) >= 11 is 0. The maximum absolute atomic E-state index is 13.1. The van der Waals surface area contributed by atoms with Crippen LogP contribution in [-0.4, -0.2) is 50.3 Å². The number of hydrogen-bond donors (Lipinski definition) is 1. The van der Waals surface area contributed by atoms with Gasteiger partial charge >= 0.3 is 0 Å². The highest BCUT2D eigenvalue weighted by Crippen LogP contribution is 2.62. The fourth-order valence-electron chi connectivity index (χ4n) is 6.25. The number of benzene rings is 2. The van der Waals surface area contributed by atoms with Gasteiger partial charge in [-0.3, -0.25) is 14.7 Å². The summed E-state index contributed by atoms with van der Waals surface area (Å²) < 4.78 is 5.67. The van der Waals surface area contributed by atoms with Crippen LogP contribution in [0, 0.1) is 5.41 Å². The average Bonchev–Trinajstić information content (AvgIpc) is 3.06. The first-order chi connectivity index (χ1) is 15.9. The Kier molecular flexibility index (Phi) is 5.36. The van der Waals surface area contributed by atoms with Crippen LogP contribution < -0.4 is 5.73 Å². The normalized spacial score (nSPS) is 29.2. The Morgan fingerprint density at radius 2 is 1.91 bits per heavy atom. The molecule has 6 heteroatoms. The minimum atomic E-state index is -0.618. The Morgan fingerprint density at radius 1 is 1.15 bits per heavy atom. The van der Waals surface area contributed by atoms with E-state index < -0.39 is 5.54 Å². The van der Waals surface area contributed by atoms with Crippen molar-refractivity contribution in [2.75, 3.05) is 21.2 Å². The summed E-state index contributed by atoms with van der Waals surface area (Å²) in [6, 6.07) is 15.1. The average molecular weight is 445 g/mol. The van der Waals surface area contributed by atoms with E-state index >= 15 is 0 Å². The third-order valence-electron chi connectivity index (χ3n) is 8.11. The molecule has 0 saturated heterocycles. The van der Waals surface area contributed by atoms with E-state index in [9.17, 15) is 4.79 Å². The lowest BCUT2D eigenvalue weighted by Gasteiger charge is -2.49. The largest absolute Gasteiger partial charge is 0.381 e. The molecule has 1 amide bonds. The molecule has 1 fully saturated rings. The van der Waals surface area contributed by atoms with E-state index in [0.29, 0.717) is 12.4 Å². The Bertz CT molecular complexity index is 1150. The number of rotatable bonds is 3. The number of carbonyl (C=O) groups is 1. The first kappa shape index (κ1) is 21.8. The zero-order valence-electron chi connectivity index (χ0n) is 19.7. The number of nitrogens with zero attached hydrogens (tertiary/aromatic N) is 3. The first-order valence-electron chi connectivity index (χ1n) is 11.7. The summed E-state index contributed by atoms with van der Waals surface area (Å²) in [5.41, 5.74) is 11.4. The highest BCUT2D eigenvalue weighted by atomic mass is 16.5. The van der Waals surface area contributed by atoms with Gasteiger partial charge in [-0.1, -0.05) is 30.3 Å². The molecule has 2 aromatic carbocycles. The molecule has 2 aliphatic carbocycles. The lowest BCUT2D eigenvalue weighted by molar-refractivity contribution is -0.131. The summed E-state index contributed by atoms with van der Waals surface area (Å²) in [6.07, 6.45) is 7.35. The molecule has 1 atom stereocenters. The smallest absolute Gasteiger partial charge is 0.231 e. The summed E-state index contributed by atoms with van der Waals surface area (Å²) in [4.78, 5) is 23.9. The van der Waals surface area contributed by atoms with Crippen molar-refractivity contribution in [3.8, 4) is 11.1 Å². The van der Waals surface area contributed by atoms with E-state index in [1.165, 1.54) is 10.5 Å². The maximum Gasteiger partial charge on any atom is 0.231 e. The topological polar surface area (TPSA) is 80.3 Å². The number of methoxy groups -OCH3 is 1. The third kappa shape index (κ3) is 3.39. The molecule has 1 aliphatic heterocycles. The minimum Gasteiger partial charge on any atom is -0.381 e. The number of guanidine groups is 1. The number of hydrogen-bond acceptors (Lipinski definition) is 5. The molecule has 5 rings (SSSR count). The molecule has 33 heavy (non-hydrogen) atoms. The highest BCUT2D eigenvalue weighted by Gasteiger charge is 2.61. The molecule has 2 N–H and O–H groups in total. The van der Waals surface area contributed by atoms with Crippen LogP contribution in [0.5, 0.6) is 0 Å². The quantitative estimate of drug-likeness (QED) is 0.729. The predicted molar refractivity (Wildman–Crippen MR) is 131 cm³/mol. The molecule has 1 heterocycles. The van der Waals surface area contributed by atoms with Gasteiger partial charge in [-0.2, -0.15) is 0 Å². The molecular formula is C27H32N4O2. The number of ether oxygens (including phenoxy) is 1. The first-order valence-corrected chi connectivity index (χ1v) is 11.7. The molecule has 1 saturated carbocycles. The molecular weight excluding hydrogens is 412 g/mol. The van der Waals surface area contributed by atoms with E-state index in [0.717, 1.165) is 54.4 Å². The van der Waals surface area contributed by atoms with Gasteiger partial charge < -0.3 is 10.5 Å². The Balaban J connectivity index is 1.65. The van der Waals surface area contributed by atoms with Gasteiger partial charge in [0, 0.05) is 32.8 Å². The summed E-state index contributed by atoms with van der Waals surface area (Å²) in [7, 11) is 5.29. The monoisotopic (exact) mass is 444 g/mol. The van der Waals surface area contributed by atoms with E-state index in [4.69, 9.17) is 15.5 Å². The standard InChI is InChI=1S/C27H32N4O2/c1-29-17-18-5-4-6-19(13-18)20-7-8-21-15-26(11-9-22(33-3)10-12-26)27(23(21)14-20)16-24(32)31(2)25(28)30-27/h4-8,13-14,17,22H,9-12,15-16H2,1-3H3,(H2,28,30)/b29-17+/t22-,26+,27?. The van der Waals surface area contributed by atoms with Crippen LogP contribution in [0.2, 0.25) is 0 Å². The van der Waals surface area contributed by atoms with Gasteiger partial charge in [0.25, 0.3) is 0 Å². The third-order valence-corrected chi connectivity index (χ3v) is 8.11. The van der Waals surface area contributed by atoms with Gasteiger partial charge in [-0.05, 0) is 72.1 Å². The Hall–Kier alpha value is -2.99. The van der Waals surface area contributed by atoms with Crippen molar-refractivity contribution in [3.05, 3.63) is 59.2 Å². The maximum atomic E-state index is 13.1. The van der Waals surface area contributed by atoms with Crippen LogP contribution in [0.15, 0.2) is 52.4 Å². The molecule has 0 radical (unpaired) electrons.